The van der Waals surface area contributed by atoms with Crippen LogP contribution in [0.1, 0.15) is 10.4 Å². The second-order valence-corrected chi connectivity index (χ2v) is 6.40. The van der Waals surface area contributed by atoms with Crippen LogP contribution in [0.5, 0.6) is 0 Å². The highest BCUT2D eigenvalue weighted by Crippen LogP contribution is 2.25. The summed E-state index contributed by atoms with van der Waals surface area (Å²) in [6.07, 6.45) is 3.21. The average Bonchev–Trinajstić information content (AvgIpc) is 2.70. The minimum atomic E-state index is -0.681. The van der Waals surface area contributed by atoms with Crippen molar-refractivity contribution in [1.29, 1.82) is 0 Å². The lowest BCUT2D eigenvalue weighted by Gasteiger charge is -2.10. The summed E-state index contributed by atoms with van der Waals surface area (Å²) in [5, 5.41) is 6.87. The molecular weight excluding hydrogens is 379 g/mol. The zero-order valence-corrected chi connectivity index (χ0v) is 15.2. The molecule has 0 aliphatic carbocycles. The number of anilines is 3. The third kappa shape index (κ3) is 3.63. The Morgan fingerprint density at radius 3 is 2.57 bits per heavy atom. The van der Waals surface area contributed by atoms with Gasteiger partial charge in [-0.2, -0.15) is 0 Å². The van der Waals surface area contributed by atoms with Gasteiger partial charge in [0.2, 0.25) is 0 Å². The number of fused-ring (bicyclic) bond motifs is 1. The number of rotatable bonds is 4. The van der Waals surface area contributed by atoms with E-state index in [1.54, 1.807) is 18.3 Å². The maximum absolute atomic E-state index is 13.9. The SMILES string of the molecule is O=C(Nc1ccc(Nc2cccc3cccnc23)nc1)c1c(F)cccc1Cl. The Morgan fingerprint density at radius 1 is 0.964 bits per heavy atom. The molecule has 0 radical (unpaired) electrons. The lowest BCUT2D eigenvalue weighted by Crippen LogP contribution is -2.14. The molecule has 0 unspecified atom stereocenters. The first kappa shape index (κ1) is 17.9. The average molecular weight is 393 g/mol. The van der Waals surface area contributed by atoms with Crippen LogP contribution in [0.15, 0.2) is 73.1 Å². The Kier molecular flexibility index (Phi) is 4.87. The van der Waals surface area contributed by atoms with Gasteiger partial charge in [0.05, 0.1) is 33.7 Å². The lowest BCUT2D eigenvalue weighted by molar-refractivity contribution is 0.102. The highest BCUT2D eigenvalue weighted by atomic mass is 35.5. The number of pyridine rings is 2. The van der Waals surface area contributed by atoms with Crippen LogP contribution in [0.2, 0.25) is 5.02 Å². The molecule has 0 aliphatic rings. The summed E-state index contributed by atoms with van der Waals surface area (Å²) in [5.74, 6) is -0.733. The van der Waals surface area contributed by atoms with Crippen LogP contribution < -0.4 is 10.6 Å². The molecule has 2 aromatic heterocycles. The van der Waals surface area contributed by atoms with E-state index >= 15 is 0 Å². The Morgan fingerprint density at radius 2 is 1.79 bits per heavy atom. The van der Waals surface area contributed by atoms with Crippen molar-refractivity contribution < 1.29 is 9.18 Å². The molecule has 5 nitrogen and oxygen atoms in total. The van der Waals surface area contributed by atoms with Gasteiger partial charge in [0.1, 0.15) is 11.6 Å². The molecule has 0 aliphatic heterocycles. The molecule has 2 aromatic carbocycles. The van der Waals surface area contributed by atoms with Gasteiger partial charge in [-0.15, -0.1) is 0 Å². The van der Waals surface area contributed by atoms with E-state index in [4.69, 9.17) is 11.6 Å². The molecule has 0 atom stereocenters. The molecular formula is C21H14ClFN4O. The predicted molar refractivity (Wildman–Crippen MR) is 109 cm³/mol. The van der Waals surface area contributed by atoms with Gasteiger partial charge in [-0.3, -0.25) is 9.78 Å². The van der Waals surface area contributed by atoms with Gasteiger partial charge in [0.25, 0.3) is 5.91 Å². The minimum Gasteiger partial charge on any atom is -0.338 e. The highest BCUT2D eigenvalue weighted by molar-refractivity contribution is 6.34. The second-order valence-electron chi connectivity index (χ2n) is 5.99. The zero-order valence-electron chi connectivity index (χ0n) is 14.5. The van der Waals surface area contributed by atoms with Crippen LogP contribution in [-0.2, 0) is 0 Å². The number of carbonyl (C=O) groups excluding carboxylic acids is 1. The lowest BCUT2D eigenvalue weighted by atomic mass is 10.2. The van der Waals surface area contributed by atoms with E-state index in [-0.39, 0.29) is 10.6 Å². The Labute approximate surface area is 165 Å². The quantitative estimate of drug-likeness (QED) is 0.486. The Hall–Kier alpha value is -3.51. The molecule has 4 rings (SSSR count). The van der Waals surface area contributed by atoms with Crippen LogP contribution in [0.3, 0.4) is 0 Å². The fourth-order valence-electron chi connectivity index (χ4n) is 2.79. The van der Waals surface area contributed by atoms with Gasteiger partial charge < -0.3 is 10.6 Å². The number of amides is 1. The molecule has 138 valence electrons. The predicted octanol–water partition coefficient (Wildman–Crippen LogP) is 5.42. The topological polar surface area (TPSA) is 66.9 Å². The summed E-state index contributed by atoms with van der Waals surface area (Å²) in [6.45, 7) is 0. The van der Waals surface area contributed by atoms with Gasteiger partial charge in [0, 0.05) is 11.6 Å². The Balaban J connectivity index is 1.52. The first-order valence-corrected chi connectivity index (χ1v) is 8.82. The molecule has 28 heavy (non-hydrogen) atoms. The van der Waals surface area contributed by atoms with Crippen molar-refractivity contribution in [2.45, 2.75) is 0 Å². The van der Waals surface area contributed by atoms with Gasteiger partial charge in [-0.05, 0) is 36.4 Å². The van der Waals surface area contributed by atoms with Crippen molar-refractivity contribution >= 4 is 45.6 Å². The van der Waals surface area contributed by atoms with E-state index in [0.717, 1.165) is 16.6 Å². The number of para-hydroxylation sites is 1. The van der Waals surface area contributed by atoms with Crippen molar-refractivity contribution in [3.63, 3.8) is 0 Å². The third-order valence-corrected chi connectivity index (χ3v) is 4.42. The van der Waals surface area contributed by atoms with Gasteiger partial charge >= 0.3 is 0 Å². The Bertz CT molecular complexity index is 1140. The number of halogens is 2. The summed E-state index contributed by atoms with van der Waals surface area (Å²) < 4.78 is 13.9. The molecule has 2 heterocycles. The fraction of sp³-hybridized carbons (Fsp3) is 0. The van der Waals surface area contributed by atoms with E-state index < -0.39 is 11.7 Å². The van der Waals surface area contributed by atoms with Crippen LogP contribution in [0.4, 0.5) is 21.6 Å². The summed E-state index contributed by atoms with van der Waals surface area (Å²) >= 11 is 5.92. The van der Waals surface area contributed by atoms with Crippen molar-refractivity contribution in [3.05, 3.63) is 89.5 Å². The maximum atomic E-state index is 13.9. The van der Waals surface area contributed by atoms with Gasteiger partial charge in [-0.1, -0.05) is 35.9 Å². The second kappa shape index (κ2) is 7.62. The molecule has 0 saturated heterocycles. The summed E-state index contributed by atoms with van der Waals surface area (Å²) in [5.41, 5.74) is 1.87. The largest absolute Gasteiger partial charge is 0.338 e. The van der Waals surface area contributed by atoms with Gasteiger partial charge in [0.15, 0.2) is 0 Å². The van der Waals surface area contributed by atoms with Crippen LogP contribution in [0, 0.1) is 5.82 Å². The number of benzene rings is 2. The van der Waals surface area contributed by atoms with E-state index in [2.05, 4.69) is 20.6 Å². The van der Waals surface area contributed by atoms with Crippen LogP contribution in [-0.4, -0.2) is 15.9 Å². The molecule has 0 saturated carbocycles. The molecule has 1 amide bonds. The first-order valence-electron chi connectivity index (χ1n) is 8.44. The van der Waals surface area contributed by atoms with E-state index in [1.165, 1.54) is 24.4 Å². The van der Waals surface area contributed by atoms with E-state index in [1.807, 2.05) is 30.3 Å². The number of hydrogen-bond acceptors (Lipinski definition) is 4. The number of nitrogens with zero attached hydrogens (tertiary/aromatic N) is 2. The number of nitrogens with one attached hydrogen (secondary N) is 2. The molecule has 2 N–H and O–H groups in total. The molecule has 0 fully saturated rings. The van der Waals surface area contributed by atoms with Crippen molar-refractivity contribution in [3.8, 4) is 0 Å². The molecule has 4 aromatic rings. The van der Waals surface area contributed by atoms with Crippen molar-refractivity contribution in [1.82, 2.24) is 9.97 Å². The highest BCUT2D eigenvalue weighted by Gasteiger charge is 2.16. The third-order valence-electron chi connectivity index (χ3n) is 4.11. The minimum absolute atomic E-state index is 0.0483. The zero-order chi connectivity index (χ0) is 19.5. The monoisotopic (exact) mass is 392 g/mol. The number of hydrogen-bond donors (Lipinski definition) is 2. The van der Waals surface area contributed by atoms with E-state index in [0.29, 0.717) is 11.5 Å². The normalized spacial score (nSPS) is 10.6. The molecule has 7 heteroatoms. The van der Waals surface area contributed by atoms with Crippen molar-refractivity contribution in [2.24, 2.45) is 0 Å². The summed E-state index contributed by atoms with van der Waals surface area (Å²) in [7, 11) is 0. The summed E-state index contributed by atoms with van der Waals surface area (Å²) in [6, 6.07) is 17.1. The standard InChI is InChI=1S/C21H14ClFN4O/c22-15-6-2-7-16(23)19(15)21(28)26-14-9-10-18(25-12-14)27-17-8-1-4-13-5-3-11-24-20(13)17/h1-12H,(H,25,27)(H,26,28). The summed E-state index contributed by atoms with van der Waals surface area (Å²) in [4.78, 5) is 21.0. The smallest absolute Gasteiger partial charge is 0.260 e. The van der Waals surface area contributed by atoms with Crippen molar-refractivity contribution in [2.75, 3.05) is 10.6 Å². The van der Waals surface area contributed by atoms with Crippen LogP contribution >= 0.6 is 11.6 Å². The first-order chi connectivity index (χ1) is 13.6. The fourth-order valence-corrected chi connectivity index (χ4v) is 3.04. The maximum Gasteiger partial charge on any atom is 0.260 e. The number of carbonyl (C=O) groups is 1. The van der Waals surface area contributed by atoms with Gasteiger partial charge in [-0.25, -0.2) is 9.37 Å². The molecule has 0 bridgehead atoms. The number of aromatic nitrogens is 2. The molecule has 0 spiro atoms. The van der Waals surface area contributed by atoms with Crippen LogP contribution in [0.25, 0.3) is 10.9 Å². The van der Waals surface area contributed by atoms with E-state index in [9.17, 15) is 9.18 Å².